The van der Waals surface area contributed by atoms with Gasteiger partial charge in [0.05, 0.1) is 0 Å². The van der Waals surface area contributed by atoms with Crippen LogP contribution in [0.4, 0.5) is 0 Å². The molecule has 0 aliphatic heterocycles. The van der Waals surface area contributed by atoms with Gasteiger partial charge in [-0.2, -0.15) is 0 Å². The minimum Gasteiger partial charge on any atom is -0.104 e. The third kappa shape index (κ3) is 1.84. The van der Waals surface area contributed by atoms with Crippen molar-refractivity contribution in [1.82, 2.24) is 0 Å². The maximum atomic E-state index is 5.92. The fourth-order valence-electron chi connectivity index (χ4n) is 1.67. The van der Waals surface area contributed by atoms with Gasteiger partial charge in [-0.15, -0.1) is 10.9 Å². The van der Waals surface area contributed by atoms with Crippen LogP contribution in [0.2, 0.25) is 0 Å². The van der Waals surface area contributed by atoms with Gasteiger partial charge in [-0.05, 0) is 11.1 Å². The average molecular weight is 193 g/mol. The summed E-state index contributed by atoms with van der Waals surface area (Å²) in [5.41, 5.74) is 3.46. The van der Waals surface area contributed by atoms with Crippen LogP contribution in [-0.4, -0.2) is 31.4 Å². The molecule has 0 aliphatic carbocycles. The second-order valence-electron chi connectivity index (χ2n) is 3.62. The van der Waals surface area contributed by atoms with Crippen molar-refractivity contribution in [3.8, 4) is 11.1 Å². The third-order valence-corrected chi connectivity index (χ3v) is 2.53. The van der Waals surface area contributed by atoms with Gasteiger partial charge in [-0.1, -0.05) is 47.3 Å². The molecule has 66 valence electrons. The highest BCUT2D eigenvalue weighted by molar-refractivity contribution is 6.59. The van der Waals surface area contributed by atoms with Crippen molar-refractivity contribution in [1.29, 1.82) is 0 Å². The molecular weight excluding hydrogens is 187 g/mol. The maximum absolute atomic E-state index is 5.92. The Bertz CT molecular complexity index is 494. The van der Waals surface area contributed by atoms with Crippen molar-refractivity contribution in [3.05, 3.63) is 36.4 Å². The van der Waals surface area contributed by atoms with Crippen LogP contribution in [0, 0.1) is 0 Å². The minimum absolute atomic E-state index is 0.450. The standard InChI is InChI=1S/C12H6B4/c13-8-6-9(14)12(16)10(11(8)15)7-4-2-1-3-5-7/h1-6H. The van der Waals surface area contributed by atoms with Gasteiger partial charge in [0.25, 0.3) is 0 Å². The molecule has 0 fully saturated rings. The van der Waals surface area contributed by atoms with Crippen LogP contribution in [0.25, 0.3) is 11.1 Å². The SMILES string of the molecule is [B]c1cc([B])c([B])c(-c2ccccc2)c1[B]. The molecule has 4 heteroatoms. The first-order valence-corrected chi connectivity index (χ1v) is 4.89. The molecule has 0 amide bonds. The number of benzene rings is 2. The predicted octanol–water partition coefficient (Wildman–Crippen LogP) is -1.47. The van der Waals surface area contributed by atoms with Gasteiger partial charge in [0.1, 0.15) is 31.4 Å². The van der Waals surface area contributed by atoms with Gasteiger partial charge in [0.2, 0.25) is 0 Å². The molecule has 0 N–H and O–H groups in total. The molecule has 2 rings (SSSR count). The van der Waals surface area contributed by atoms with E-state index in [1.807, 2.05) is 30.3 Å². The van der Waals surface area contributed by atoms with Crippen LogP contribution in [0.5, 0.6) is 0 Å². The van der Waals surface area contributed by atoms with E-state index in [1.54, 1.807) is 6.07 Å². The maximum Gasteiger partial charge on any atom is 0.113 e. The zero-order valence-corrected chi connectivity index (χ0v) is 8.77. The first-order valence-electron chi connectivity index (χ1n) is 4.89. The van der Waals surface area contributed by atoms with E-state index in [9.17, 15) is 0 Å². The van der Waals surface area contributed by atoms with Gasteiger partial charge in [-0.25, -0.2) is 0 Å². The molecule has 0 unspecified atom stereocenters. The summed E-state index contributed by atoms with van der Waals surface area (Å²) in [7, 11) is 23.4. The summed E-state index contributed by atoms with van der Waals surface area (Å²) in [5.74, 6) is 0. The first-order chi connectivity index (χ1) is 7.61. The molecule has 0 bridgehead atoms. The number of rotatable bonds is 1. The second kappa shape index (κ2) is 4.29. The largest absolute Gasteiger partial charge is 0.113 e. The van der Waals surface area contributed by atoms with Gasteiger partial charge < -0.3 is 0 Å². The summed E-state index contributed by atoms with van der Waals surface area (Å²) in [6.45, 7) is 0. The Balaban J connectivity index is 2.74. The molecule has 2 aromatic rings. The molecule has 0 atom stereocenters. The monoisotopic (exact) mass is 194 g/mol. The zero-order valence-electron chi connectivity index (χ0n) is 8.77. The van der Waals surface area contributed by atoms with Crippen LogP contribution in [0.3, 0.4) is 0 Å². The van der Waals surface area contributed by atoms with Crippen LogP contribution >= 0.6 is 0 Å². The highest BCUT2D eigenvalue weighted by atomic mass is 14.1. The Labute approximate surface area is 101 Å². The Hall–Kier alpha value is -1.30. The van der Waals surface area contributed by atoms with E-state index in [0.717, 1.165) is 5.56 Å². The quantitative estimate of drug-likeness (QED) is 0.485. The predicted molar refractivity (Wildman–Crippen MR) is 73.4 cm³/mol. The van der Waals surface area contributed by atoms with E-state index in [0.29, 0.717) is 27.4 Å². The van der Waals surface area contributed by atoms with Crippen molar-refractivity contribution in [2.75, 3.05) is 0 Å². The molecule has 2 aromatic carbocycles. The summed E-state index contributed by atoms with van der Waals surface area (Å²) < 4.78 is 0. The molecule has 0 nitrogen and oxygen atoms in total. The molecule has 0 aliphatic rings. The van der Waals surface area contributed by atoms with E-state index in [4.69, 9.17) is 31.4 Å². The van der Waals surface area contributed by atoms with Crippen LogP contribution in [-0.2, 0) is 0 Å². The van der Waals surface area contributed by atoms with Crippen molar-refractivity contribution in [2.24, 2.45) is 0 Å². The summed E-state index contributed by atoms with van der Waals surface area (Å²) in [4.78, 5) is 0. The van der Waals surface area contributed by atoms with Crippen LogP contribution in [0.1, 0.15) is 0 Å². The van der Waals surface area contributed by atoms with E-state index in [-0.39, 0.29) is 0 Å². The van der Waals surface area contributed by atoms with Crippen LogP contribution in [0.15, 0.2) is 36.4 Å². The highest BCUT2D eigenvalue weighted by Crippen LogP contribution is 2.12. The third-order valence-electron chi connectivity index (χ3n) is 2.53. The van der Waals surface area contributed by atoms with Crippen molar-refractivity contribution < 1.29 is 0 Å². The molecule has 0 heterocycles. The van der Waals surface area contributed by atoms with Gasteiger partial charge in [-0.3, -0.25) is 0 Å². The van der Waals surface area contributed by atoms with E-state index in [2.05, 4.69) is 0 Å². The fraction of sp³-hybridized carbons (Fsp3) is 0. The van der Waals surface area contributed by atoms with Crippen molar-refractivity contribution in [2.45, 2.75) is 0 Å². The molecule has 16 heavy (non-hydrogen) atoms. The lowest BCUT2D eigenvalue weighted by molar-refractivity contribution is 1.69. The molecule has 0 spiro atoms. The van der Waals surface area contributed by atoms with E-state index in [1.165, 1.54) is 0 Å². The smallest absolute Gasteiger partial charge is 0.104 e. The lowest BCUT2D eigenvalue weighted by Gasteiger charge is -2.17. The highest BCUT2D eigenvalue weighted by Gasteiger charge is 2.08. The first kappa shape index (κ1) is 11.2. The van der Waals surface area contributed by atoms with Crippen molar-refractivity contribution in [3.63, 3.8) is 0 Å². The Morgan fingerprint density at radius 1 is 0.688 bits per heavy atom. The summed E-state index contributed by atoms with van der Waals surface area (Å²) in [6.07, 6.45) is 0. The summed E-state index contributed by atoms with van der Waals surface area (Å²) >= 11 is 0. The summed E-state index contributed by atoms with van der Waals surface area (Å²) in [6, 6.07) is 11.2. The minimum atomic E-state index is 0.450. The van der Waals surface area contributed by atoms with E-state index < -0.39 is 0 Å². The second-order valence-corrected chi connectivity index (χ2v) is 3.62. The number of hydrogen-bond acceptors (Lipinski definition) is 0. The van der Waals surface area contributed by atoms with Crippen LogP contribution < -0.4 is 21.9 Å². The zero-order chi connectivity index (χ0) is 11.7. The van der Waals surface area contributed by atoms with E-state index >= 15 is 0 Å². The Morgan fingerprint density at radius 3 is 1.69 bits per heavy atom. The van der Waals surface area contributed by atoms with Gasteiger partial charge >= 0.3 is 0 Å². The summed E-state index contributed by atoms with van der Waals surface area (Å²) in [5, 5.41) is 0. The Morgan fingerprint density at radius 2 is 1.19 bits per heavy atom. The fourth-order valence-corrected chi connectivity index (χ4v) is 1.67. The van der Waals surface area contributed by atoms with Gasteiger partial charge in [0, 0.05) is 0 Å². The number of hydrogen-bond donors (Lipinski definition) is 0. The normalized spacial score (nSPS) is 10.2. The van der Waals surface area contributed by atoms with Crippen molar-refractivity contribution >= 4 is 53.2 Å². The lowest BCUT2D eigenvalue weighted by atomic mass is 9.66. The Kier molecular flexibility index (Phi) is 3.00. The molecule has 8 radical (unpaired) electrons. The molecule has 0 saturated carbocycles. The van der Waals surface area contributed by atoms with Gasteiger partial charge in [0.15, 0.2) is 0 Å². The lowest BCUT2D eigenvalue weighted by Crippen LogP contribution is -2.41. The topological polar surface area (TPSA) is 0 Å². The average Bonchev–Trinajstić information content (AvgIpc) is 2.28. The molecule has 0 saturated heterocycles. The molecule has 0 aromatic heterocycles. The molecular formula is C12H6B4.